The Labute approximate surface area is 199 Å². The van der Waals surface area contributed by atoms with Crippen molar-refractivity contribution in [2.24, 2.45) is 4.99 Å². The minimum absolute atomic E-state index is 0.0380. The van der Waals surface area contributed by atoms with Crippen LogP contribution in [-0.2, 0) is 30.4 Å². The third-order valence-electron chi connectivity index (χ3n) is 4.92. The van der Waals surface area contributed by atoms with Crippen molar-refractivity contribution in [1.82, 2.24) is 9.47 Å². The summed E-state index contributed by atoms with van der Waals surface area (Å²) in [5.74, 6) is -0.967. The number of hydrogen-bond acceptors (Lipinski definition) is 8. The topological polar surface area (TPSA) is 107 Å². The summed E-state index contributed by atoms with van der Waals surface area (Å²) >= 11 is 2.43. The summed E-state index contributed by atoms with van der Waals surface area (Å²) in [6.07, 6.45) is 2.05. The van der Waals surface area contributed by atoms with E-state index in [2.05, 4.69) is 4.99 Å². The average molecular weight is 494 g/mol. The molecule has 0 N–H and O–H groups in total. The summed E-state index contributed by atoms with van der Waals surface area (Å²) < 4.78 is 12.4. The zero-order chi connectivity index (χ0) is 23.8. The van der Waals surface area contributed by atoms with Gasteiger partial charge in [0.05, 0.1) is 40.5 Å². The number of rotatable bonds is 9. The fourth-order valence-electron chi connectivity index (χ4n) is 3.41. The van der Waals surface area contributed by atoms with Crippen LogP contribution in [0.1, 0.15) is 37.0 Å². The first-order valence-electron chi connectivity index (χ1n) is 10.8. The summed E-state index contributed by atoms with van der Waals surface area (Å²) in [6.45, 7) is 5.39. The minimum atomic E-state index is -0.453. The molecule has 0 radical (unpaired) electrons. The molecule has 1 saturated heterocycles. The van der Waals surface area contributed by atoms with Gasteiger partial charge in [-0.1, -0.05) is 11.3 Å². The molecule has 1 aromatic heterocycles. The number of benzene rings is 1. The van der Waals surface area contributed by atoms with Gasteiger partial charge in [-0.3, -0.25) is 14.4 Å². The molecule has 0 bridgehead atoms. The van der Waals surface area contributed by atoms with Crippen LogP contribution in [0.15, 0.2) is 23.2 Å². The Bertz CT molecular complexity index is 1100. The lowest BCUT2D eigenvalue weighted by Crippen LogP contribution is -2.29. The van der Waals surface area contributed by atoms with Crippen molar-refractivity contribution in [3.05, 3.63) is 28.6 Å². The minimum Gasteiger partial charge on any atom is -0.465 e. The molecular weight excluding hydrogens is 466 g/mol. The zero-order valence-electron chi connectivity index (χ0n) is 18.7. The summed E-state index contributed by atoms with van der Waals surface area (Å²) in [4.78, 5) is 55.2. The van der Waals surface area contributed by atoms with Crippen LogP contribution < -0.4 is 4.80 Å². The van der Waals surface area contributed by atoms with Crippen molar-refractivity contribution in [3.63, 3.8) is 0 Å². The highest BCUT2D eigenvalue weighted by Crippen LogP contribution is 2.20. The lowest BCUT2D eigenvalue weighted by Gasteiger charge is -2.14. The van der Waals surface area contributed by atoms with Crippen LogP contribution >= 0.6 is 23.1 Å². The van der Waals surface area contributed by atoms with Crippen LogP contribution in [-0.4, -0.2) is 71.0 Å². The molecule has 2 amide bonds. The Balaban J connectivity index is 1.81. The Morgan fingerprint density at radius 1 is 1.06 bits per heavy atom. The summed E-state index contributed by atoms with van der Waals surface area (Å²) in [5, 5.41) is 0. The number of fused-ring (bicyclic) bond motifs is 1. The number of carbonyl (C=O) groups excluding carboxylic acids is 4. The number of carbonyl (C=O) groups is 4. The van der Waals surface area contributed by atoms with Gasteiger partial charge in [-0.25, -0.2) is 4.79 Å². The van der Waals surface area contributed by atoms with Crippen LogP contribution in [0.5, 0.6) is 0 Å². The molecule has 33 heavy (non-hydrogen) atoms. The lowest BCUT2D eigenvalue weighted by molar-refractivity contribution is -0.143. The quantitative estimate of drug-likeness (QED) is 0.493. The number of aromatic nitrogens is 1. The maximum atomic E-state index is 12.5. The molecule has 0 unspecified atom stereocenters. The molecule has 1 aliphatic rings. The van der Waals surface area contributed by atoms with Crippen LogP contribution in [0.2, 0.25) is 0 Å². The molecule has 2 heterocycles. The molecule has 178 valence electrons. The standard InChI is InChI=1S/C22H27N3O6S2/c1-3-30-20(28)12-25-16-8-7-15(21(29)31-4-2)11-17(16)33-22(25)23-18(26)13-32-14-19(27)24-9-5-6-10-24/h7-8,11H,3-6,9-10,12-14H2,1-2H3. The van der Waals surface area contributed by atoms with E-state index in [4.69, 9.17) is 9.47 Å². The van der Waals surface area contributed by atoms with Gasteiger partial charge < -0.3 is 18.9 Å². The smallest absolute Gasteiger partial charge is 0.338 e. The number of thioether (sulfide) groups is 1. The van der Waals surface area contributed by atoms with Gasteiger partial charge in [-0.15, -0.1) is 11.8 Å². The van der Waals surface area contributed by atoms with Gasteiger partial charge in [-0.2, -0.15) is 4.99 Å². The molecule has 1 aromatic carbocycles. The van der Waals surface area contributed by atoms with Gasteiger partial charge in [0.15, 0.2) is 4.80 Å². The van der Waals surface area contributed by atoms with Crippen LogP contribution in [0, 0.1) is 0 Å². The van der Waals surface area contributed by atoms with Gasteiger partial charge in [0, 0.05) is 13.1 Å². The molecule has 9 nitrogen and oxygen atoms in total. The monoisotopic (exact) mass is 493 g/mol. The van der Waals surface area contributed by atoms with Crippen molar-refractivity contribution in [2.75, 3.05) is 37.8 Å². The summed E-state index contributed by atoms with van der Waals surface area (Å²) in [5.41, 5.74) is 1.03. The van der Waals surface area contributed by atoms with Crippen molar-refractivity contribution >= 4 is 57.1 Å². The number of hydrogen-bond donors (Lipinski definition) is 0. The van der Waals surface area contributed by atoms with E-state index in [0.717, 1.165) is 25.9 Å². The van der Waals surface area contributed by atoms with E-state index in [1.807, 2.05) is 4.90 Å². The van der Waals surface area contributed by atoms with E-state index in [1.54, 1.807) is 36.6 Å². The largest absolute Gasteiger partial charge is 0.465 e. The van der Waals surface area contributed by atoms with Gasteiger partial charge >= 0.3 is 11.9 Å². The van der Waals surface area contributed by atoms with Crippen LogP contribution in [0.4, 0.5) is 0 Å². The Kier molecular flexibility index (Phi) is 9.07. The van der Waals surface area contributed by atoms with Crippen LogP contribution in [0.3, 0.4) is 0 Å². The Hall–Kier alpha value is -2.66. The predicted octanol–water partition coefficient (Wildman–Crippen LogP) is 2.23. The molecule has 3 rings (SSSR count). The van der Waals surface area contributed by atoms with E-state index in [-0.39, 0.29) is 37.2 Å². The van der Waals surface area contributed by atoms with Crippen molar-refractivity contribution in [2.45, 2.75) is 33.2 Å². The predicted molar refractivity (Wildman–Crippen MR) is 126 cm³/mol. The number of esters is 2. The molecule has 0 atom stereocenters. The molecule has 0 saturated carbocycles. The van der Waals surface area contributed by atoms with Gasteiger partial charge in [0.25, 0.3) is 5.91 Å². The van der Waals surface area contributed by atoms with Gasteiger partial charge in [0.2, 0.25) is 5.91 Å². The molecular formula is C22H27N3O6S2. The highest BCUT2D eigenvalue weighted by atomic mass is 32.2. The second-order valence-corrected chi connectivity index (χ2v) is 9.26. The first kappa shape index (κ1) is 25.0. The average Bonchev–Trinajstić information content (AvgIpc) is 3.43. The number of nitrogens with zero attached hydrogens (tertiary/aromatic N) is 3. The lowest BCUT2D eigenvalue weighted by atomic mass is 10.2. The molecule has 0 spiro atoms. The maximum Gasteiger partial charge on any atom is 0.338 e. The highest BCUT2D eigenvalue weighted by molar-refractivity contribution is 8.00. The fraction of sp³-hybridized carbons (Fsp3) is 0.500. The highest BCUT2D eigenvalue weighted by Gasteiger charge is 2.18. The molecule has 1 fully saturated rings. The summed E-state index contributed by atoms with van der Waals surface area (Å²) in [6, 6.07) is 4.97. The zero-order valence-corrected chi connectivity index (χ0v) is 20.3. The maximum absolute atomic E-state index is 12.5. The summed E-state index contributed by atoms with van der Waals surface area (Å²) in [7, 11) is 0. The second kappa shape index (κ2) is 12.0. The van der Waals surface area contributed by atoms with Gasteiger partial charge in [0.1, 0.15) is 6.54 Å². The molecule has 0 aliphatic carbocycles. The number of likely N-dealkylation sites (tertiary alicyclic amines) is 1. The fourth-order valence-corrected chi connectivity index (χ4v) is 5.20. The van der Waals surface area contributed by atoms with Crippen LogP contribution in [0.25, 0.3) is 10.2 Å². The van der Waals surface area contributed by atoms with E-state index in [1.165, 1.54) is 23.1 Å². The first-order chi connectivity index (χ1) is 15.9. The van der Waals surface area contributed by atoms with E-state index >= 15 is 0 Å². The SMILES string of the molecule is CCOC(=O)Cn1c(=NC(=O)CSCC(=O)N2CCCC2)sc2cc(C(=O)OCC)ccc21. The van der Waals surface area contributed by atoms with E-state index in [0.29, 0.717) is 20.6 Å². The Morgan fingerprint density at radius 3 is 2.48 bits per heavy atom. The number of amides is 2. The van der Waals surface area contributed by atoms with Crippen molar-refractivity contribution in [1.29, 1.82) is 0 Å². The number of ether oxygens (including phenoxy) is 2. The third-order valence-corrected chi connectivity index (χ3v) is 6.86. The van der Waals surface area contributed by atoms with Crippen molar-refractivity contribution < 1.29 is 28.7 Å². The Morgan fingerprint density at radius 2 is 1.79 bits per heavy atom. The van der Waals surface area contributed by atoms with E-state index < -0.39 is 17.8 Å². The second-order valence-electron chi connectivity index (χ2n) is 7.27. The molecule has 1 aliphatic heterocycles. The number of thiazole rings is 1. The molecule has 11 heteroatoms. The van der Waals surface area contributed by atoms with Crippen molar-refractivity contribution in [3.8, 4) is 0 Å². The van der Waals surface area contributed by atoms with E-state index in [9.17, 15) is 19.2 Å². The normalized spacial score (nSPS) is 14.0. The third kappa shape index (κ3) is 6.67. The first-order valence-corrected chi connectivity index (χ1v) is 12.8. The van der Waals surface area contributed by atoms with Gasteiger partial charge in [-0.05, 0) is 44.9 Å². The molecule has 2 aromatic rings.